The third-order valence-corrected chi connectivity index (χ3v) is 10.7. The third kappa shape index (κ3) is 3.56. The minimum absolute atomic E-state index is 0.00991. The smallest absolute Gasteiger partial charge is 0.258 e. The fraction of sp³-hybridized carbons (Fsp3) is 0.364. The quantitative estimate of drug-likeness (QED) is 0.514. The van der Waals surface area contributed by atoms with Crippen molar-refractivity contribution in [1.82, 2.24) is 9.71 Å². The van der Waals surface area contributed by atoms with E-state index in [1.807, 2.05) is 19.9 Å². The number of hydrogen-bond acceptors (Lipinski definition) is 7. The van der Waals surface area contributed by atoms with Crippen LogP contribution in [0.2, 0.25) is 5.02 Å². The lowest BCUT2D eigenvalue weighted by atomic mass is 9.90. The number of fused-ring (bicyclic) bond motifs is 1. The number of amidine groups is 1. The maximum absolute atomic E-state index is 15.1. The van der Waals surface area contributed by atoms with Crippen LogP contribution in [0, 0.1) is 17.1 Å². The van der Waals surface area contributed by atoms with Crippen molar-refractivity contribution >= 4 is 39.7 Å². The second kappa shape index (κ2) is 7.95. The average molecular weight is 491 g/mol. The molecule has 8 nitrogen and oxygen atoms in total. The van der Waals surface area contributed by atoms with Crippen LogP contribution in [0.5, 0.6) is 0 Å². The highest BCUT2D eigenvalue weighted by atomic mass is 35.5. The zero-order chi connectivity index (χ0) is 24.2. The highest BCUT2D eigenvalue weighted by molar-refractivity contribution is 8.29. The molecule has 3 heterocycles. The highest BCUT2D eigenvalue weighted by Gasteiger charge is 2.61. The average Bonchev–Trinajstić information content (AvgIpc) is 3.18. The molecular weight excluding hydrogens is 467 g/mol. The summed E-state index contributed by atoms with van der Waals surface area (Å²) < 4.78 is 29.1. The normalized spacial score (nSPS) is 29.8. The summed E-state index contributed by atoms with van der Waals surface area (Å²) in [6.45, 7) is 5.91. The minimum Gasteiger partial charge on any atom is -0.386 e. The molecule has 33 heavy (non-hydrogen) atoms. The number of nitrogens with one attached hydrogen (secondary N) is 2. The van der Waals surface area contributed by atoms with Gasteiger partial charge in [0.25, 0.3) is 5.91 Å². The van der Waals surface area contributed by atoms with Crippen molar-refractivity contribution < 1.29 is 13.7 Å². The highest BCUT2D eigenvalue weighted by Crippen LogP contribution is 2.67. The van der Waals surface area contributed by atoms with E-state index in [0.29, 0.717) is 18.5 Å². The predicted molar refractivity (Wildman–Crippen MR) is 128 cm³/mol. The second-order valence-corrected chi connectivity index (χ2v) is 12.3. The van der Waals surface area contributed by atoms with Crippen LogP contribution in [0.4, 0.5) is 10.2 Å². The van der Waals surface area contributed by atoms with Crippen molar-refractivity contribution in [3.63, 3.8) is 0 Å². The number of halogens is 2. The van der Waals surface area contributed by atoms with E-state index in [9.17, 15) is 9.35 Å². The van der Waals surface area contributed by atoms with Gasteiger partial charge < -0.3 is 15.6 Å². The Bertz CT molecular complexity index is 1230. The van der Waals surface area contributed by atoms with E-state index < -0.39 is 37.8 Å². The van der Waals surface area contributed by atoms with Gasteiger partial charge in [-0.05, 0) is 57.5 Å². The number of carbonyl (C=O) groups is 1. The van der Waals surface area contributed by atoms with Gasteiger partial charge in [-0.15, -0.1) is 0 Å². The molecule has 1 fully saturated rings. The lowest BCUT2D eigenvalue weighted by molar-refractivity contribution is 0.102. The first kappa shape index (κ1) is 23.4. The van der Waals surface area contributed by atoms with Crippen LogP contribution in [-0.4, -0.2) is 37.8 Å². The summed E-state index contributed by atoms with van der Waals surface area (Å²) in [5, 5.41) is 11.3. The second-order valence-electron chi connectivity index (χ2n) is 8.74. The molecule has 0 radical (unpaired) electrons. The molecule has 1 amide bonds. The molecule has 2 aliphatic rings. The van der Waals surface area contributed by atoms with Gasteiger partial charge in [0.1, 0.15) is 28.7 Å². The number of nitrogens with two attached hydrogens (primary N) is 1. The van der Waals surface area contributed by atoms with Crippen LogP contribution in [0.25, 0.3) is 0 Å². The Morgan fingerprint density at radius 1 is 1.39 bits per heavy atom. The van der Waals surface area contributed by atoms with Crippen molar-refractivity contribution in [2.24, 2.45) is 10.7 Å². The standard InChI is InChI=1S/C22H24ClFN6O2S/c1-21(2)20(26)30-22(3,16-8-9-27-33(16,21)32)18-15(24)6-7-17(28-18)29-19(31)13-5-4-12(11-25)10-14(13)23/h4-7,10,16,27,32H,8-9H2,1-3H3,(H2,26,30)(H,28,29,31)/t16-,22-/m0/s1. The van der Waals surface area contributed by atoms with Crippen molar-refractivity contribution in [1.29, 1.82) is 5.26 Å². The van der Waals surface area contributed by atoms with E-state index in [4.69, 9.17) is 22.6 Å². The van der Waals surface area contributed by atoms with E-state index in [2.05, 4.69) is 20.0 Å². The van der Waals surface area contributed by atoms with Crippen LogP contribution in [0.1, 0.15) is 48.8 Å². The van der Waals surface area contributed by atoms with Crippen molar-refractivity contribution in [2.75, 3.05) is 11.9 Å². The maximum Gasteiger partial charge on any atom is 0.258 e. The fourth-order valence-corrected chi connectivity index (χ4v) is 8.03. The Morgan fingerprint density at radius 3 is 2.79 bits per heavy atom. The molecule has 0 spiro atoms. The van der Waals surface area contributed by atoms with Crippen molar-refractivity contribution in [3.8, 4) is 6.07 Å². The van der Waals surface area contributed by atoms with E-state index in [0.717, 1.165) is 0 Å². The Balaban J connectivity index is 1.73. The van der Waals surface area contributed by atoms with Gasteiger partial charge >= 0.3 is 0 Å². The molecule has 1 unspecified atom stereocenters. The van der Waals surface area contributed by atoms with Gasteiger partial charge in [-0.3, -0.25) is 14.5 Å². The number of anilines is 1. The van der Waals surface area contributed by atoms with Gasteiger partial charge in [0.2, 0.25) is 0 Å². The molecule has 1 saturated heterocycles. The third-order valence-electron chi connectivity index (χ3n) is 6.42. The van der Waals surface area contributed by atoms with Crippen LogP contribution >= 0.6 is 22.1 Å². The number of rotatable bonds is 3. The van der Waals surface area contributed by atoms with Crippen LogP contribution in [0.15, 0.2) is 35.3 Å². The molecular formula is C22H24ClFN6O2S. The molecule has 174 valence electrons. The number of hydrogen-bond donors (Lipinski definition) is 4. The Morgan fingerprint density at radius 2 is 2.12 bits per heavy atom. The molecule has 2 aliphatic heterocycles. The number of aliphatic imine (C=N–C) groups is 1. The van der Waals surface area contributed by atoms with Gasteiger partial charge in [0.15, 0.2) is 0 Å². The Kier molecular flexibility index (Phi) is 5.65. The first-order valence-corrected chi connectivity index (χ1v) is 12.3. The van der Waals surface area contributed by atoms with Gasteiger partial charge in [-0.25, -0.2) is 9.37 Å². The van der Waals surface area contributed by atoms with Gasteiger partial charge in [0, 0.05) is 6.54 Å². The molecule has 4 rings (SSSR count). The topological polar surface area (TPSA) is 136 Å². The summed E-state index contributed by atoms with van der Waals surface area (Å²) in [5.74, 6) is -0.858. The Labute approximate surface area is 197 Å². The largest absolute Gasteiger partial charge is 0.386 e. The first-order valence-electron chi connectivity index (χ1n) is 10.3. The number of pyridine rings is 1. The number of benzene rings is 1. The number of carbonyl (C=O) groups excluding carboxylic acids is 1. The summed E-state index contributed by atoms with van der Waals surface area (Å²) in [4.78, 5) is 21.8. The van der Waals surface area contributed by atoms with E-state index in [1.165, 1.54) is 30.3 Å². The van der Waals surface area contributed by atoms with E-state index in [1.54, 1.807) is 6.92 Å². The fourth-order valence-electron chi connectivity index (χ4n) is 4.41. The maximum atomic E-state index is 15.1. The predicted octanol–water partition coefficient (Wildman–Crippen LogP) is 3.92. The van der Waals surface area contributed by atoms with E-state index >= 15 is 4.39 Å². The van der Waals surface area contributed by atoms with Crippen LogP contribution in [0.3, 0.4) is 0 Å². The summed E-state index contributed by atoms with van der Waals surface area (Å²) >= 11 is 6.13. The van der Waals surface area contributed by atoms with Crippen molar-refractivity contribution in [2.45, 2.75) is 42.7 Å². The van der Waals surface area contributed by atoms with E-state index in [-0.39, 0.29) is 27.9 Å². The zero-order valence-electron chi connectivity index (χ0n) is 18.3. The molecule has 0 saturated carbocycles. The summed E-state index contributed by atoms with van der Waals surface area (Å²) in [6.07, 6.45) is 0.571. The Hall–Kier alpha value is -2.71. The zero-order valence-corrected chi connectivity index (χ0v) is 19.9. The van der Waals surface area contributed by atoms with Crippen molar-refractivity contribution in [3.05, 3.63) is 58.0 Å². The number of aromatic nitrogens is 1. The lowest BCUT2D eigenvalue weighted by Gasteiger charge is -2.55. The monoisotopic (exact) mass is 490 g/mol. The minimum atomic E-state index is -2.48. The molecule has 3 atom stereocenters. The SMILES string of the molecule is CC1(C)C(N)=N[C@](C)(c2nc(NC(=O)c3ccc(C#N)cc3Cl)ccc2F)[C@@H]2CCNS21O. The molecule has 0 aliphatic carbocycles. The lowest BCUT2D eigenvalue weighted by Crippen LogP contribution is -2.57. The number of nitrogens with zero attached hydrogens (tertiary/aromatic N) is 3. The summed E-state index contributed by atoms with van der Waals surface area (Å²) in [5.41, 5.74) is 5.49. The molecule has 5 N–H and O–H groups in total. The number of nitriles is 1. The van der Waals surface area contributed by atoms with Crippen LogP contribution in [-0.2, 0) is 5.54 Å². The number of amides is 1. The molecule has 0 bridgehead atoms. The first-order chi connectivity index (χ1) is 15.4. The van der Waals surface area contributed by atoms with Gasteiger partial charge in [-0.1, -0.05) is 22.1 Å². The van der Waals surface area contributed by atoms with Gasteiger partial charge in [0.05, 0.1) is 32.2 Å². The molecule has 1 aromatic carbocycles. The summed E-state index contributed by atoms with van der Waals surface area (Å²) in [7, 11) is -2.48. The summed E-state index contributed by atoms with van der Waals surface area (Å²) in [6, 6.07) is 8.79. The van der Waals surface area contributed by atoms with Gasteiger partial charge in [-0.2, -0.15) is 5.26 Å². The van der Waals surface area contributed by atoms with Crippen LogP contribution < -0.4 is 15.8 Å². The molecule has 11 heteroatoms. The molecule has 2 aromatic rings. The molecule has 1 aromatic heterocycles.